The fourth-order valence-corrected chi connectivity index (χ4v) is 3.65. The third-order valence-corrected chi connectivity index (χ3v) is 5.32. The van der Waals surface area contributed by atoms with E-state index < -0.39 is 0 Å². The van der Waals surface area contributed by atoms with Crippen molar-refractivity contribution >= 4 is 17.2 Å². The van der Waals surface area contributed by atoms with Crippen LogP contribution in [0.3, 0.4) is 0 Å². The van der Waals surface area contributed by atoms with E-state index in [4.69, 9.17) is 4.74 Å². The average molecular weight is 428 g/mol. The number of fused-ring (bicyclic) bond motifs is 1. The van der Waals surface area contributed by atoms with Crippen molar-refractivity contribution < 1.29 is 9.53 Å². The molecule has 0 spiro atoms. The highest BCUT2D eigenvalue weighted by atomic mass is 16.5. The molecule has 2 aromatic heterocycles. The zero-order valence-electron chi connectivity index (χ0n) is 18.1. The van der Waals surface area contributed by atoms with Crippen LogP contribution in [0.4, 0.5) is 5.69 Å². The van der Waals surface area contributed by atoms with E-state index in [1.165, 1.54) is 10.5 Å². The summed E-state index contributed by atoms with van der Waals surface area (Å²) in [4.78, 5) is 29.9. The van der Waals surface area contributed by atoms with Crippen LogP contribution >= 0.6 is 0 Å². The largest absolute Gasteiger partial charge is 0.485 e. The molecule has 2 heterocycles. The Labute approximate surface area is 186 Å². The smallest absolute Gasteiger partial charge is 0.258 e. The summed E-state index contributed by atoms with van der Waals surface area (Å²) in [7, 11) is 0. The maximum Gasteiger partial charge on any atom is 0.258 e. The van der Waals surface area contributed by atoms with Crippen molar-refractivity contribution in [1.82, 2.24) is 9.38 Å². The van der Waals surface area contributed by atoms with Crippen molar-refractivity contribution in [3.05, 3.63) is 106 Å². The number of carbonyl (C=O) groups is 1. The fraction of sp³-hybridized carbons (Fsp3) is 0.192. The number of carbonyl (C=O) groups excluding carboxylic acids is 1. The number of aromatic nitrogens is 2. The molecule has 2 aromatic carbocycles. The Hall–Kier alpha value is -3.93. The van der Waals surface area contributed by atoms with Gasteiger partial charge in [-0.1, -0.05) is 49.4 Å². The molecule has 0 saturated carbocycles. The molecule has 1 N–H and O–H groups in total. The van der Waals surface area contributed by atoms with Gasteiger partial charge < -0.3 is 10.1 Å². The number of hydrogen-bond acceptors (Lipinski definition) is 4. The van der Waals surface area contributed by atoms with E-state index in [-0.39, 0.29) is 24.0 Å². The highest BCUT2D eigenvalue weighted by Crippen LogP contribution is 2.27. The van der Waals surface area contributed by atoms with Crippen LogP contribution in [-0.4, -0.2) is 15.3 Å². The maximum atomic E-state index is 13.0. The number of pyridine rings is 1. The Bertz CT molecular complexity index is 1300. The summed E-state index contributed by atoms with van der Waals surface area (Å²) in [6, 6.07) is 22.2. The molecule has 6 heteroatoms. The first-order valence-corrected chi connectivity index (χ1v) is 10.6. The van der Waals surface area contributed by atoms with Crippen LogP contribution in [0.25, 0.3) is 5.65 Å². The van der Waals surface area contributed by atoms with E-state index in [9.17, 15) is 9.59 Å². The predicted octanol–water partition coefficient (Wildman–Crippen LogP) is 4.71. The Balaban J connectivity index is 1.52. The number of aryl methyl sites for hydroxylation is 1. The van der Waals surface area contributed by atoms with Gasteiger partial charge in [-0.3, -0.25) is 14.0 Å². The number of nitrogens with one attached hydrogen (secondary N) is 1. The van der Waals surface area contributed by atoms with E-state index in [0.717, 1.165) is 11.1 Å². The molecule has 0 aliphatic heterocycles. The summed E-state index contributed by atoms with van der Waals surface area (Å²) < 4.78 is 7.45. The summed E-state index contributed by atoms with van der Waals surface area (Å²) in [5.41, 5.74) is 3.52. The summed E-state index contributed by atoms with van der Waals surface area (Å²) in [6.07, 6.45) is 2.40. The monoisotopic (exact) mass is 427 g/mol. The molecular weight excluding hydrogens is 402 g/mol. The van der Waals surface area contributed by atoms with E-state index in [1.54, 1.807) is 18.3 Å². The van der Waals surface area contributed by atoms with Gasteiger partial charge in [0.1, 0.15) is 18.0 Å². The first-order valence-electron chi connectivity index (χ1n) is 10.6. The lowest BCUT2D eigenvalue weighted by molar-refractivity contribution is -0.117. The molecule has 1 atom stereocenters. The standard InChI is InChI=1S/C26H25N3O3/c1-3-21(19-9-5-4-6-10-19)26(31)28-22-11-7-8-12-23(22)32-17-20-16-25(30)29-14-13-18(2)15-24(29)27-20/h4-16,21H,3,17H2,1-2H3,(H,28,31). The molecule has 32 heavy (non-hydrogen) atoms. The van der Waals surface area contributed by atoms with E-state index >= 15 is 0 Å². The second-order valence-electron chi connectivity index (χ2n) is 7.66. The molecule has 0 bridgehead atoms. The third kappa shape index (κ3) is 4.70. The van der Waals surface area contributed by atoms with Crippen LogP contribution in [0.1, 0.15) is 36.1 Å². The van der Waals surface area contributed by atoms with Gasteiger partial charge in [0.2, 0.25) is 5.91 Å². The van der Waals surface area contributed by atoms with Gasteiger partial charge in [-0.15, -0.1) is 0 Å². The van der Waals surface area contributed by atoms with E-state index in [1.807, 2.05) is 68.4 Å². The molecule has 0 aliphatic carbocycles. The number of para-hydroxylation sites is 2. The average Bonchev–Trinajstić information content (AvgIpc) is 2.79. The first-order chi connectivity index (χ1) is 15.5. The summed E-state index contributed by atoms with van der Waals surface area (Å²) in [6.45, 7) is 4.06. The zero-order valence-corrected chi connectivity index (χ0v) is 18.1. The predicted molar refractivity (Wildman–Crippen MR) is 125 cm³/mol. The number of benzene rings is 2. The van der Waals surface area contributed by atoms with Crippen LogP contribution in [0, 0.1) is 6.92 Å². The SMILES string of the molecule is CCC(C(=O)Nc1ccccc1OCc1cc(=O)n2ccc(C)cc2n1)c1ccccc1. The molecule has 4 rings (SSSR count). The minimum atomic E-state index is -0.255. The summed E-state index contributed by atoms with van der Waals surface area (Å²) in [5, 5.41) is 2.99. The molecule has 0 aliphatic rings. The maximum absolute atomic E-state index is 13.0. The van der Waals surface area contributed by atoms with E-state index in [0.29, 0.717) is 29.2 Å². The molecular formula is C26H25N3O3. The van der Waals surface area contributed by atoms with Crippen LogP contribution in [0.15, 0.2) is 83.8 Å². The van der Waals surface area contributed by atoms with Gasteiger partial charge in [-0.2, -0.15) is 0 Å². The van der Waals surface area contributed by atoms with Gasteiger partial charge in [0.15, 0.2) is 0 Å². The van der Waals surface area contributed by atoms with Crippen molar-refractivity contribution in [3.8, 4) is 5.75 Å². The number of nitrogens with zero attached hydrogens (tertiary/aromatic N) is 2. The van der Waals surface area contributed by atoms with Gasteiger partial charge in [0, 0.05) is 12.3 Å². The summed E-state index contributed by atoms with van der Waals surface area (Å²) >= 11 is 0. The van der Waals surface area contributed by atoms with Gasteiger partial charge in [-0.25, -0.2) is 4.98 Å². The van der Waals surface area contributed by atoms with Crippen LogP contribution < -0.4 is 15.6 Å². The molecule has 0 radical (unpaired) electrons. The number of amides is 1. The molecule has 1 unspecified atom stereocenters. The van der Waals surface area contributed by atoms with Crippen LogP contribution in [-0.2, 0) is 11.4 Å². The number of rotatable bonds is 7. The molecule has 162 valence electrons. The Morgan fingerprint density at radius 3 is 2.59 bits per heavy atom. The fourth-order valence-electron chi connectivity index (χ4n) is 3.65. The lowest BCUT2D eigenvalue weighted by atomic mass is 9.95. The normalized spacial score (nSPS) is 11.8. The molecule has 6 nitrogen and oxygen atoms in total. The molecule has 0 saturated heterocycles. The molecule has 0 fully saturated rings. The molecule has 4 aromatic rings. The van der Waals surface area contributed by atoms with Gasteiger partial charge in [-0.05, 0) is 48.7 Å². The minimum Gasteiger partial charge on any atom is -0.485 e. The lowest BCUT2D eigenvalue weighted by Gasteiger charge is -2.17. The van der Waals surface area contributed by atoms with Crippen molar-refractivity contribution in [3.63, 3.8) is 0 Å². The van der Waals surface area contributed by atoms with Crippen molar-refractivity contribution in [2.75, 3.05) is 5.32 Å². The number of hydrogen-bond donors (Lipinski definition) is 1. The Morgan fingerprint density at radius 2 is 1.81 bits per heavy atom. The van der Waals surface area contributed by atoms with Gasteiger partial charge in [0.05, 0.1) is 17.3 Å². The van der Waals surface area contributed by atoms with Crippen molar-refractivity contribution in [2.45, 2.75) is 32.8 Å². The van der Waals surface area contributed by atoms with Crippen LogP contribution in [0.5, 0.6) is 5.75 Å². The van der Waals surface area contributed by atoms with Crippen molar-refractivity contribution in [1.29, 1.82) is 0 Å². The Morgan fingerprint density at radius 1 is 1.06 bits per heavy atom. The van der Waals surface area contributed by atoms with Gasteiger partial charge >= 0.3 is 0 Å². The second-order valence-corrected chi connectivity index (χ2v) is 7.66. The quantitative estimate of drug-likeness (QED) is 0.463. The topological polar surface area (TPSA) is 72.7 Å². The Kier molecular flexibility index (Phi) is 6.31. The summed E-state index contributed by atoms with van der Waals surface area (Å²) in [5.74, 6) is 0.178. The van der Waals surface area contributed by atoms with Crippen molar-refractivity contribution in [2.24, 2.45) is 0 Å². The second kappa shape index (κ2) is 9.47. The molecule has 1 amide bonds. The number of anilines is 1. The lowest BCUT2D eigenvalue weighted by Crippen LogP contribution is -2.21. The minimum absolute atomic E-state index is 0.0905. The number of ether oxygens (including phenoxy) is 1. The van der Waals surface area contributed by atoms with E-state index in [2.05, 4.69) is 10.3 Å². The zero-order chi connectivity index (χ0) is 22.5. The van der Waals surface area contributed by atoms with Gasteiger partial charge in [0.25, 0.3) is 5.56 Å². The first kappa shape index (κ1) is 21.3. The highest BCUT2D eigenvalue weighted by molar-refractivity contribution is 5.97. The highest BCUT2D eigenvalue weighted by Gasteiger charge is 2.19. The van der Waals surface area contributed by atoms with Crippen LogP contribution in [0.2, 0.25) is 0 Å². The third-order valence-electron chi connectivity index (χ3n) is 5.32.